The summed E-state index contributed by atoms with van der Waals surface area (Å²) >= 11 is 0. The summed E-state index contributed by atoms with van der Waals surface area (Å²) in [6.45, 7) is 0. The third-order valence-corrected chi connectivity index (χ3v) is 6.76. The Morgan fingerprint density at radius 3 is 1.75 bits per heavy atom. The first-order valence-corrected chi connectivity index (χ1v) is 12.2. The minimum absolute atomic E-state index is 0.937. The van der Waals surface area contributed by atoms with E-state index in [1.165, 1.54) is 22.5 Å². The Labute approximate surface area is 210 Å². The van der Waals surface area contributed by atoms with Crippen molar-refractivity contribution in [2.45, 2.75) is 0 Å². The number of benzene rings is 5. The molecule has 0 amide bonds. The molecule has 3 nitrogen and oxygen atoms in total. The van der Waals surface area contributed by atoms with Crippen molar-refractivity contribution in [1.82, 2.24) is 9.55 Å². The zero-order chi connectivity index (χ0) is 23.9. The number of nitrogens with zero attached hydrogens (tertiary/aromatic N) is 3. The number of rotatable bonds is 3. The maximum Gasteiger partial charge on any atom is 0.145 e. The zero-order valence-corrected chi connectivity index (χ0v) is 19.6. The third-order valence-electron chi connectivity index (χ3n) is 6.76. The van der Waals surface area contributed by atoms with E-state index in [-0.39, 0.29) is 0 Å². The van der Waals surface area contributed by atoms with Crippen LogP contribution < -0.4 is 4.90 Å². The molecule has 1 aliphatic heterocycles. The topological polar surface area (TPSA) is 21.1 Å². The van der Waals surface area contributed by atoms with Gasteiger partial charge in [-0.15, -0.1) is 0 Å². The fourth-order valence-electron chi connectivity index (χ4n) is 5.07. The van der Waals surface area contributed by atoms with Gasteiger partial charge in [-0.1, -0.05) is 78.9 Å². The molecule has 0 spiro atoms. The van der Waals surface area contributed by atoms with Gasteiger partial charge in [0.25, 0.3) is 0 Å². The lowest BCUT2D eigenvalue weighted by atomic mass is 10.1. The van der Waals surface area contributed by atoms with Crippen molar-refractivity contribution in [3.05, 3.63) is 139 Å². The van der Waals surface area contributed by atoms with E-state index in [1.54, 1.807) is 0 Å². The SMILES string of the molecule is C1=Cc2ccccc2N(c2ccc(-c3nc4ccccc4n3-c3ccccc3)cc2)c2ccccc21. The number of imidazole rings is 1. The molecule has 0 N–H and O–H groups in total. The van der Waals surface area contributed by atoms with E-state index < -0.39 is 0 Å². The molecule has 0 fully saturated rings. The number of hydrogen-bond donors (Lipinski definition) is 0. The highest BCUT2D eigenvalue weighted by atomic mass is 15.1. The molecule has 0 unspecified atom stereocenters. The number of hydrogen-bond acceptors (Lipinski definition) is 2. The summed E-state index contributed by atoms with van der Waals surface area (Å²) in [5.74, 6) is 0.937. The minimum atomic E-state index is 0.937. The molecule has 5 aromatic carbocycles. The predicted octanol–water partition coefficient (Wildman–Crippen LogP) is 8.65. The second kappa shape index (κ2) is 8.40. The monoisotopic (exact) mass is 461 g/mol. The van der Waals surface area contributed by atoms with Gasteiger partial charge in [0, 0.05) is 16.9 Å². The quantitative estimate of drug-likeness (QED) is 0.262. The van der Waals surface area contributed by atoms with Crippen LogP contribution in [-0.2, 0) is 0 Å². The summed E-state index contributed by atoms with van der Waals surface area (Å²) in [5.41, 5.74) is 10.1. The fourth-order valence-corrected chi connectivity index (χ4v) is 5.07. The molecule has 0 saturated heterocycles. The molecule has 170 valence electrons. The van der Waals surface area contributed by atoms with Crippen molar-refractivity contribution in [2.24, 2.45) is 0 Å². The number of aromatic nitrogens is 2. The number of fused-ring (bicyclic) bond motifs is 3. The Balaban J connectivity index is 1.38. The molecule has 0 aliphatic carbocycles. The van der Waals surface area contributed by atoms with E-state index in [2.05, 4.69) is 137 Å². The Morgan fingerprint density at radius 2 is 1.06 bits per heavy atom. The number of para-hydroxylation sites is 5. The van der Waals surface area contributed by atoms with Crippen LogP contribution in [0.15, 0.2) is 127 Å². The normalized spacial score (nSPS) is 12.3. The van der Waals surface area contributed by atoms with Crippen LogP contribution in [0.3, 0.4) is 0 Å². The molecular weight excluding hydrogens is 438 g/mol. The third kappa shape index (κ3) is 3.33. The smallest absolute Gasteiger partial charge is 0.145 e. The van der Waals surface area contributed by atoms with E-state index in [9.17, 15) is 0 Å². The van der Waals surface area contributed by atoms with Gasteiger partial charge in [-0.2, -0.15) is 0 Å². The van der Waals surface area contributed by atoms with Gasteiger partial charge in [0.05, 0.1) is 22.4 Å². The van der Waals surface area contributed by atoms with E-state index in [0.29, 0.717) is 0 Å². The molecule has 2 heterocycles. The van der Waals surface area contributed by atoms with Crippen molar-refractivity contribution in [1.29, 1.82) is 0 Å². The van der Waals surface area contributed by atoms with Crippen LogP contribution in [0.2, 0.25) is 0 Å². The van der Waals surface area contributed by atoms with E-state index in [1.807, 2.05) is 12.1 Å². The van der Waals surface area contributed by atoms with Gasteiger partial charge in [0.1, 0.15) is 5.82 Å². The molecule has 0 bridgehead atoms. The Morgan fingerprint density at radius 1 is 0.472 bits per heavy atom. The van der Waals surface area contributed by atoms with Crippen molar-refractivity contribution in [3.63, 3.8) is 0 Å². The van der Waals surface area contributed by atoms with Crippen molar-refractivity contribution >= 4 is 40.2 Å². The summed E-state index contributed by atoms with van der Waals surface area (Å²) in [5, 5.41) is 0. The van der Waals surface area contributed by atoms with E-state index in [0.717, 1.165) is 33.8 Å². The lowest BCUT2D eigenvalue weighted by molar-refractivity contribution is 1.10. The van der Waals surface area contributed by atoms with Crippen LogP contribution in [0.5, 0.6) is 0 Å². The average molecular weight is 462 g/mol. The Hall–Kier alpha value is -4.89. The molecule has 3 heteroatoms. The lowest BCUT2D eigenvalue weighted by Gasteiger charge is -2.27. The molecular formula is C33H23N3. The van der Waals surface area contributed by atoms with Crippen LogP contribution in [0.1, 0.15) is 11.1 Å². The molecule has 7 rings (SSSR count). The zero-order valence-electron chi connectivity index (χ0n) is 19.6. The highest BCUT2D eigenvalue weighted by Gasteiger charge is 2.20. The minimum Gasteiger partial charge on any atom is -0.309 e. The van der Waals surface area contributed by atoms with Gasteiger partial charge in [-0.3, -0.25) is 4.57 Å². The molecule has 0 radical (unpaired) electrons. The van der Waals surface area contributed by atoms with E-state index in [4.69, 9.17) is 4.98 Å². The van der Waals surface area contributed by atoms with Crippen LogP contribution in [0.4, 0.5) is 17.1 Å². The van der Waals surface area contributed by atoms with Crippen LogP contribution in [-0.4, -0.2) is 9.55 Å². The first kappa shape index (κ1) is 20.5. The second-order valence-corrected chi connectivity index (χ2v) is 8.93. The highest BCUT2D eigenvalue weighted by molar-refractivity contribution is 5.93. The van der Waals surface area contributed by atoms with Gasteiger partial charge >= 0.3 is 0 Å². The number of anilines is 3. The first-order chi connectivity index (χ1) is 17.9. The molecule has 6 aromatic rings. The summed E-state index contributed by atoms with van der Waals surface area (Å²) in [6.07, 6.45) is 4.40. The predicted molar refractivity (Wildman–Crippen MR) is 150 cm³/mol. The molecule has 36 heavy (non-hydrogen) atoms. The largest absolute Gasteiger partial charge is 0.309 e. The van der Waals surface area contributed by atoms with Gasteiger partial charge in [0.2, 0.25) is 0 Å². The van der Waals surface area contributed by atoms with Crippen LogP contribution >= 0.6 is 0 Å². The molecule has 1 aromatic heterocycles. The molecule has 1 aliphatic rings. The summed E-state index contributed by atoms with van der Waals surface area (Å²) in [7, 11) is 0. The van der Waals surface area contributed by atoms with Crippen LogP contribution in [0, 0.1) is 0 Å². The second-order valence-electron chi connectivity index (χ2n) is 8.93. The van der Waals surface area contributed by atoms with Gasteiger partial charge in [0.15, 0.2) is 0 Å². The molecule has 0 saturated carbocycles. The van der Waals surface area contributed by atoms with Crippen molar-refractivity contribution < 1.29 is 0 Å². The van der Waals surface area contributed by atoms with Crippen molar-refractivity contribution in [2.75, 3.05) is 4.90 Å². The summed E-state index contributed by atoms with van der Waals surface area (Å²) in [6, 6.07) is 44.6. The summed E-state index contributed by atoms with van der Waals surface area (Å²) in [4.78, 5) is 7.37. The van der Waals surface area contributed by atoms with Gasteiger partial charge in [-0.05, 0) is 71.8 Å². The maximum atomic E-state index is 5.03. The Bertz CT molecular complexity index is 1680. The highest BCUT2D eigenvalue weighted by Crippen LogP contribution is 2.42. The van der Waals surface area contributed by atoms with E-state index >= 15 is 0 Å². The Kier molecular flexibility index (Phi) is 4.78. The van der Waals surface area contributed by atoms with Gasteiger partial charge < -0.3 is 4.90 Å². The summed E-state index contributed by atoms with van der Waals surface area (Å²) < 4.78 is 2.24. The fraction of sp³-hybridized carbons (Fsp3) is 0. The molecule has 0 atom stereocenters. The van der Waals surface area contributed by atoms with Crippen molar-refractivity contribution in [3.8, 4) is 17.1 Å². The van der Waals surface area contributed by atoms with Crippen LogP contribution in [0.25, 0.3) is 40.3 Å². The lowest BCUT2D eigenvalue weighted by Crippen LogP contribution is -2.11. The van der Waals surface area contributed by atoms with Gasteiger partial charge in [-0.25, -0.2) is 4.98 Å². The average Bonchev–Trinajstić information content (AvgIpc) is 3.25. The first-order valence-electron chi connectivity index (χ1n) is 12.2. The maximum absolute atomic E-state index is 5.03. The standard InChI is InChI=1S/C33H23N3/c1-2-12-27(13-3-1)36-32-17-9-6-14-29(32)34-33(36)26-20-22-28(23-21-26)35-30-15-7-4-10-24(30)18-19-25-11-5-8-16-31(25)35/h1-23H.